The highest BCUT2D eigenvalue weighted by Gasteiger charge is 2.27. The van der Waals surface area contributed by atoms with Crippen LogP contribution in [0.2, 0.25) is 0 Å². The molecule has 0 heterocycles. The van der Waals surface area contributed by atoms with Gasteiger partial charge in [-0.05, 0) is 18.4 Å². The molecule has 2 heteroatoms. The molecule has 0 aliphatic heterocycles. The Morgan fingerprint density at radius 2 is 2.00 bits per heavy atom. The fourth-order valence-corrected chi connectivity index (χ4v) is 1.86. The Hall–Kier alpha value is -0.790. The zero-order valence-electron chi connectivity index (χ0n) is 8.77. The molecule has 0 amide bonds. The fourth-order valence-electron chi connectivity index (χ4n) is 1.78. The summed E-state index contributed by atoms with van der Waals surface area (Å²) >= 11 is 5.57. The predicted octanol–water partition coefficient (Wildman–Crippen LogP) is 3.40. The molecule has 1 saturated carbocycles. The summed E-state index contributed by atoms with van der Waals surface area (Å²) in [6.45, 7) is 2.00. The van der Waals surface area contributed by atoms with E-state index in [4.69, 9.17) is 11.6 Å². The van der Waals surface area contributed by atoms with Crippen LogP contribution < -0.4 is 0 Å². The Labute approximate surface area is 96.4 Å². The van der Waals surface area contributed by atoms with E-state index in [0.29, 0.717) is 0 Å². The normalized spacial score (nSPS) is 16.4. The van der Waals surface area contributed by atoms with Gasteiger partial charge in [-0.2, -0.15) is 0 Å². The third kappa shape index (κ3) is 3.37. The largest absolute Gasteiger partial charge is 0.292 e. The monoisotopic (exact) mass is 221 g/mol. The molecule has 0 N–H and O–H groups in total. The number of benzene rings is 1. The lowest BCUT2D eigenvalue weighted by Crippen LogP contribution is -2.25. The number of hydrogen-bond donors (Lipinski definition) is 0. The predicted molar refractivity (Wildman–Crippen MR) is 64.9 cm³/mol. The zero-order valence-corrected chi connectivity index (χ0v) is 9.53. The lowest BCUT2D eigenvalue weighted by molar-refractivity contribution is 0.284. The molecule has 0 atom stereocenters. The van der Waals surface area contributed by atoms with Gasteiger partial charge in [0.1, 0.15) is 0 Å². The van der Waals surface area contributed by atoms with Crippen molar-refractivity contribution in [3.8, 4) is 0 Å². The molecule has 1 aromatic rings. The van der Waals surface area contributed by atoms with E-state index >= 15 is 0 Å². The topological polar surface area (TPSA) is 3.24 Å². The lowest BCUT2D eigenvalue weighted by atomic mass is 10.2. The third-order valence-corrected chi connectivity index (χ3v) is 2.90. The molecule has 0 saturated heterocycles. The first-order chi connectivity index (χ1) is 7.40. The van der Waals surface area contributed by atoms with Crippen molar-refractivity contribution in [2.45, 2.75) is 25.4 Å². The number of nitrogens with zero attached hydrogens (tertiary/aromatic N) is 1. The first-order valence-corrected chi connectivity index (χ1v) is 5.87. The Balaban J connectivity index is 1.94. The van der Waals surface area contributed by atoms with E-state index < -0.39 is 0 Å². The summed E-state index contributed by atoms with van der Waals surface area (Å²) in [5, 5.41) is 0. The van der Waals surface area contributed by atoms with Crippen molar-refractivity contribution in [1.82, 2.24) is 4.90 Å². The van der Waals surface area contributed by atoms with Crippen LogP contribution in [0.15, 0.2) is 41.9 Å². The SMILES string of the molecule is Cl/C=C/CN(Cc1ccccc1)C1CC1. The van der Waals surface area contributed by atoms with Gasteiger partial charge in [0.15, 0.2) is 0 Å². The summed E-state index contributed by atoms with van der Waals surface area (Å²) < 4.78 is 0. The molecular weight excluding hydrogens is 206 g/mol. The van der Waals surface area contributed by atoms with Crippen LogP contribution in [-0.2, 0) is 6.54 Å². The summed E-state index contributed by atoms with van der Waals surface area (Å²) in [7, 11) is 0. The zero-order chi connectivity index (χ0) is 10.5. The molecule has 0 radical (unpaired) electrons. The minimum atomic E-state index is 0.776. The molecule has 80 valence electrons. The van der Waals surface area contributed by atoms with Gasteiger partial charge >= 0.3 is 0 Å². The summed E-state index contributed by atoms with van der Waals surface area (Å²) in [5.74, 6) is 0. The maximum absolute atomic E-state index is 5.57. The van der Waals surface area contributed by atoms with Crippen LogP contribution in [-0.4, -0.2) is 17.5 Å². The highest BCUT2D eigenvalue weighted by molar-refractivity contribution is 6.25. The van der Waals surface area contributed by atoms with Crippen LogP contribution in [0.5, 0.6) is 0 Å². The van der Waals surface area contributed by atoms with Gasteiger partial charge in [0, 0.05) is 24.7 Å². The van der Waals surface area contributed by atoms with Crippen molar-refractivity contribution in [1.29, 1.82) is 0 Å². The molecule has 1 fully saturated rings. The van der Waals surface area contributed by atoms with Crippen molar-refractivity contribution in [3.05, 3.63) is 47.5 Å². The van der Waals surface area contributed by atoms with Crippen LogP contribution in [0.4, 0.5) is 0 Å². The average Bonchev–Trinajstić information content (AvgIpc) is 3.09. The summed E-state index contributed by atoms with van der Waals surface area (Å²) in [5.41, 5.74) is 2.99. The van der Waals surface area contributed by atoms with Gasteiger partial charge in [-0.3, -0.25) is 4.90 Å². The molecule has 0 spiro atoms. The highest BCUT2D eigenvalue weighted by Crippen LogP contribution is 2.28. The second kappa shape index (κ2) is 5.34. The van der Waals surface area contributed by atoms with E-state index in [1.54, 1.807) is 5.54 Å². The maximum Gasteiger partial charge on any atom is 0.0239 e. The fraction of sp³-hybridized carbons (Fsp3) is 0.385. The second-order valence-electron chi connectivity index (χ2n) is 4.01. The van der Waals surface area contributed by atoms with Crippen LogP contribution in [0.1, 0.15) is 18.4 Å². The van der Waals surface area contributed by atoms with Crippen LogP contribution in [0, 0.1) is 0 Å². The van der Waals surface area contributed by atoms with E-state index in [9.17, 15) is 0 Å². The minimum absolute atomic E-state index is 0.776. The van der Waals surface area contributed by atoms with Crippen molar-refractivity contribution in [2.75, 3.05) is 6.54 Å². The Bertz CT molecular complexity index is 317. The van der Waals surface area contributed by atoms with Gasteiger partial charge in [-0.25, -0.2) is 0 Å². The number of hydrogen-bond acceptors (Lipinski definition) is 1. The van der Waals surface area contributed by atoms with Crippen LogP contribution in [0.3, 0.4) is 0 Å². The van der Waals surface area contributed by atoms with Crippen LogP contribution in [0.25, 0.3) is 0 Å². The van der Waals surface area contributed by atoms with Gasteiger partial charge < -0.3 is 0 Å². The van der Waals surface area contributed by atoms with Gasteiger partial charge in [-0.1, -0.05) is 48.0 Å². The van der Waals surface area contributed by atoms with Crippen molar-refractivity contribution < 1.29 is 0 Å². The lowest BCUT2D eigenvalue weighted by Gasteiger charge is -2.19. The third-order valence-electron chi connectivity index (χ3n) is 2.72. The minimum Gasteiger partial charge on any atom is -0.292 e. The summed E-state index contributed by atoms with van der Waals surface area (Å²) in [6.07, 6.45) is 4.69. The molecule has 1 nitrogen and oxygen atoms in total. The first-order valence-electron chi connectivity index (χ1n) is 5.43. The summed E-state index contributed by atoms with van der Waals surface area (Å²) in [4.78, 5) is 2.48. The summed E-state index contributed by atoms with van der Waals surface area (Å²) in [6, 6.07) is 11.4. The number of halogens is 1. The smallest absolute Gasteiger partial charge is 0.0239 e. The maximum atomic E-state index is 5.57. The molecule has 0 unspecified atom stereocenters. The van der Waals surface area contributed by atoms with Gasteiger partial charge in [0.25, 0.3) is 0 Å². The second-order valence-corrected chi connectivity index (χ2v) is 4.26. The Morgan fingerprint density at radius 3 is 2.60 bits per heavy atom. The molecular formula is C13H16ClN. The van der Waals surface area contributed by atoms with E-state index in [1.165, 1.54) is 18.4 Å². The molecule has 1 aliphatic rings. The first kappa shape index (κ1) is 10.7. The average molecular weight is 222 g/mol. The van der Waals surface area contributed by atoms with Gasteiger partial charge in [0.2, 0.25) is 0 Å². The molecule has 0 bridgehead atoms. The van der Waals surface area contributed by atoms with E-state index in [1.807, 2.05) is 6.08 Å². The van der Waals surface area contributed by atoms with E-state index in [-0.39, 0.29) is 0 Å². The molecule has 0 aromatic heterocycles. The quantitative estimate of drug-likeness (QED) is 0.737. The van der Waals surface area contributed by atoms with Crippen molar-refractivity contribution in [3.63, 3.8) is 0 Å². The Morgan fingerprint density at radius 1 is 1.27 bits per heavy atom. The van der Waals surface area contributed by atoms with E-state index in [2.05, 4.69) is 35.2 Å². The molecule has 1 aromatic carbocycles. The van der Waals surface area contributed by atoms with Gasteiger partial charge in [-0.15, -0.1) is 0 Å². The Kier molecular flexibility index (Phi) is 3.81. The highest BCUT2D eigenvalue weighted by atomic mass is 35.5. The van der Waals surface area contributed by atoms with Crippen LogP contribution >= 0.6 is 11.6 Å². The van der Waals surface area contributed by atoms with E-state index in [0.717, 1.165) is 19.1 Å². The van der Waals surface area contributed by atoms with Gasteiger partial charge in [0.05, 0.1) is 0 Å². The molecule has 1 aliphatic carbocycles. The standard InChI is InChI=1S/C13H16ClN/c14-9-4-10-15(13-7-8-13)11-12-5-2-1-3-6-12/h1-6,9,13H,7-8,10-11H2/b9-4+. The molecule has 15 heavy (non-hydrogen) atoms. The molecule has 2 rings (SSSR count). The van der Waals surface area contributed by atoms with Crippen molar-refractivity contribution in [2.24, 2.45) is 0 Å². The number of rotatable bonds is 5. The van der Waals surface area contributed by atoms with Crippen molar-refractivity contribution >= 4 is 11.6 Å².